The Kier molecular flexibility index (Phi) is 5.37. The van der Waals surface area contributed by atoms with Crippen LogP contribution in [-0.2, 0) is 0 Å². The Morgan fingerprint density at radius 1 is 1.47 bits per heavy atom. The Hall–Kier alpha value is -0.450. The van der Waals surface area contributed by atoms with Gasteiger partial charge in [-0.3, -0.25) is 4.90 Å². The molecule has 1 aliphatic rings. The maximum atomic E-state index is 14.1. The molecule has 0 amide bonds. The first-order chi connectivity index (χ1) is 9.17. The van der Waals surface area contributed by atoms with E-state index in [0.29, 0.717) is 12.6 Å². The molecule has 2 nitrogen and oxygen atoms in total. The van der Waals surface area contributed by atoms with Crippen LogP contribution in [0.4, 0.5) is 4.39 Å². The predicted octanol–water partition coefficient (Wildman–Crippen LogP) is 3.85. The van der Waals surface area contributed by atoms with E-state index in [9.17, 15) is 4.39 Å². The quantitative estimate of drug-likeness (QED) is 0.909. The van der Waals surface area contributed by atoms with Crippen molar-refractivity contribution in [3.8, 4) is 0 Å². The van der Waals surface area contributed by atoms with Crippen LogP contribution in [0.1, 0.15) is 44.2 Å². The monoisotopic (exact) mass is 328 g/mol. The van der Waals surface area contributed by atoms with Crippen LogP contribution in [0, 0.1) is 5.82 Å². The summed E-state index contributed by atoms with van der Waals surface area (Å²) in [4.78, 5) is 2.40. The Labute approximate surface area is 123 Å². The summed E-state index contributed by atoms with van der Waals surface area (Å²) in [6.07, 6.45) is 4.75. The average molecular weight is 329 g/mol. The van der Waals surface area contributed by atoms with E-state index in [2.05, 4.69) is 27.8 Å². The summed E-state index contributed by atoms with van der Waals surface area (Å²) in [5.74, 6) is -0.154. The third-order valence-electron chi connectivity index (χ3n) is 4.08. The van der Waals surface area contributed by atoms with E-state index in [-0.39, 0.29) is 11.9 Å². The average Bonchev–Trinajstić information content (AvgIpc) is 2.44. The molecule has 1 heterocycles. The predicted molar refractivity (Wildman–Crippen MR) is 80.5 cm³/mol. The number of hydrogen-bond donors (Lipinski definition) is 1. The van der Waals surface area contributed by atoms with Gasteiger partial charge in [0.25, 0.3) is 0 Å². The Morgan fingerprint density at radius 3 is 2.95 bits per heavy atom. The topological polar surface area (TPSA) is 29.3 Å². The number of rotatable bonds is 4. The van der Waals surface area contributed by atoms with Gasteiger partial charge in [-0.05, 0) is 44.0 Å². The van der Waals surface area contributed by atoms with Crippen LogP contribution < -0.4 is 5.73 Å². The van der Waals surface area contributed by atoms with Crippen LogP contribution in [0.3, 0.4) is 0 Å². The number of nitrogens with zero attached hydrogens (tertiary/aromatic N) is 1. The van der Waals surface area contributed by atoms with Gasteiger partial charge in [-0.15, -0.1) is 0 Å². The van der Waals surface area contributed by atoms with Crippen LogP contribution >= 0.6 is 15.9 Å². The minimum absolute atomic E-state index is 0.0113. The molecule has 1 saturated heterocycles. The smallest absolute Gasteiger partial charge is 0.128 e. The number of hydrogen-bond acceptors (Lipinski definition) is 2. The highest BCUT2D eigenvalue weighted by Gasteiger charge is 2.29. The summed E-state index contributed by atoms with van der Waals surface area (Å²) in [6.45, 7) is 3.68. The molecule has 0 spiro atoms. The van der Waals surface area contributed by atoms with E-state index in [0.717, 1.165) is 23.0 Å². The van der Waals surface area contributed by atoms with Crippen molar-refractivity contribution in [1.82, 2.24) is 4.90 Å². The third-order valence-corrected chi connectivity index (χ3v) is 4.58. The molecule has 1 aliphatic heterocycles. The second-order valence-corrected chi connectivity index (χ2v) is 6.13. The molecule has 0 radical (unpaired) electrons. The molecule has 0 bridgehead atoms. The van der Waals surface area contributed by atoms with Crippen molar-refractivity contribution in [2.24, 2.45) is 5.73 Å². The minimum atomic E-state index is -0.154. The molecule has 0 aliphatic carbocycles. The SMILES string of the molecule is CCC1CCCCN1C(CN)c1cc(Br)ccc1F. The second kappa shape index (κ2) is 6.82. The summed E-state index contributed by atoms with van der Waals surface area (Å²) in [6, 6.07) is 5.64. The summed E-state index contributed by atoms with van der Waals surface area (Å²) < 4.78 is 15.0. The van der Waals surface area contributed by atoms with E-state index in [1.807, 2.05) is 6.07 Å². The normalized spacial score (nSPS) is 22.4. The highest BCUT2D eigenvalue weighted by Crippen LogP contribution is 2.32. The highest BCUT2D eigenvalue weighted by molar-refractivity contribution is 9.10. The van der Waals surface area contributed by atoms with Crippen molar-refractivity contribution in [1.29, 1.82) is 0 Å². The van der Waals surface area contributed by atoms with E-state index >= 15 is 0 Å². The molecule has 19 heavy (non-hydrogen) atoms. The molecule has 0 aromatic heterocycles. The zero-order valence-electron chi connectivity index (χ0n) is 11.4. The van der Waals surface area contributed by atoms with Crippen LogP contribution in [0.2, 0.25) is 0 Å². The molecule has 1 aromatic rings. The molecule has 2 rings (SSSR count). The van der Waals surface area contributed by atoms with Crippen molar-refractivity contribution in [3.63, 3.8) is 0 Å². The lowest BCUT2D eigenvalue weighted by atomic mass is 9.94. The molecular formula is C15H22BrFN2. The van der Waals surface area contributed by atoms with Gasteiger partial charge >= 0.3 is 0 Å². The summed E-state index contributed by atoms with van der Waals surface area (Å²) in [7, 11) is 0. The fraction of sp³-hybridized carbons (Fsp3) is 0.600. The Morgan fingerprint density at radius 2 is 2.26 bits per heavy atom. The largest absolute Gasteiger partial charge is 0.329 e. The lowest BCUT2D eigenvalue weighted by molar-refractivity contribution is 0.0930. The van der Waals surface area contributed by atoms with Crippen molar-refractivity contribution in [2.45, 2.75) is 44.7 Å². The van der Waals surface area contributed by atoms with E-state index in [1.165, 1.54) is 25.3 Å². The molecule has 2 N–H and O–H groups in total. The van der Waals surface area contributed by atoms with Crippen molar-refractivity contribution in [3.05, 3.63) is 34.1 Å². The molecule has 0 saturated carbocycles. The van der Waals surface area contributed by atoms with Gasteiger partial charge < -0.3 is 5.73 Å². The zero-order chi connectivity index (χ0) is 13.8. The first-order valence-electron chi connectivity index (χ1n) is 7.08. The van der Waals surface area contributed by atoms with Crippen molar-refractivity contribution >= 4 is 15.9 Å². The molecule has 2 atom stereocenters. The highest BCUT2D eigenvalue weighted by atomic mass is 79.9. The lowest BCUT2D eigenvalue weighted by Gasteiger charge is -2.41. The van der Waals surface area contributed by atoms with Gasteiger partial charge in [0.15, 0.2) is 0 Å². The summed E-state index contributed by atoms with van der Waals surface area (Å²) >= 11 is 3.42. The number of halogens is 2. The Balaban J connectivity index is 2.29. The zero-order valence-corrected chi connectivity index (χ0v) is 13.0. The maximum absolute atomic E-state index is 14.1. The fourth-order valence-corrected chi connectivity index (χ4v) is 3.46. The second-order valence-electron chi connectivity index (χ2n) is 5.21. The third kappa shape index (κ3) is 3.36. The first-order valence-corrected chi connectivity index (χ1v) is 7.87. The standard InChI is InChI=1S/C15H22BrFN2/c1-2-12-5-3-4-8-19(12)15(10-18)13-9-11(16)6-7-14(13)17/h6-7,9,12,15H,2-5,8,10,18H2,1H3. The minimum Gasteiger partial charge on any atom is -0.329 e. The van der Waals surface area contributed by atoms with Crippen molar-refractivity contribution in [2.75, 3.05) is 13.1 Å². The maximum Gasteiger partial charge on any atom is 0.128 e. The molecule has 1 aromatic carbocycles. The lowest BCUT2D eigenvalue weighted by Crippen LogP contribution is -2.44. The number of benzene rings is 1. The molecule has 4 heteroatoms. The van der Waals surface area contributed by atoms with Gasteiger partial charge in [0.2, 0.25) is 0 Å². The molecular weight excluding hydrogens is 307 g/mol. The van der Waals surface area contributed by atoms with Crippen LogP contribution in [-0.4, -0.2) is 24.0 Å². The van der Waals surface area contributed by atoms with Crippen LogP contribution in [0.5, 0.6) is 0 Å². The van der Waals surface area contributed by atoms with Gasteiger partial charge in [0.05, 0.1) is 6.04 Å². The summed E-state index contributed by atoms with van der Waals surface area (Å²) in [5, 5.41) is 0. The van der Waals surface area contributed by atoms with Gasteiger partial charge in [0.1, 0.15) is 5.82 Å². The number of nitrogens with two attached hydrogens (primary N) is 1. The van der Waals surface area contributed by atoms with E-state index in [1.54, 1.807) is 6.07 Å². The summed E-state index contributed by atoms with van der Waals surface area (Å²) in [5.41, 5.74) is 6.67. The molecule has 2 unspecified atom stereocenters. The Bertz CT molecular complexity index is 425. The number of likely N-dealkylation sites (tertiary alicyclic amines) is 1. The fourth-order valence-electron chi connectivity index (χ4n) is 3.08. The number of piperidine rings is 1. The van der Waals surface area contributed by atoms with Gasteiger partial charge in [-0.25, -0.2) is 4.39 Å². The van der Waals surface area contributed by atoms with Gasteiger partial charge in [0, 0.05) is 22.6 Å². The molecule has 106 valence electrons. The first kappa shape index (κ1) is 14.9. The van der Waals surface area contributed by atoms with Gasteiger partial charge in [-0.2, -0.15) is 0 Å². The van der Waals surface area contributed by atoms with Gasteiger partial charge in [-0.1, -0.05) is 29.3 Å². The van der Waals surface area contributed by atoms with E-state index < -0.39 is 0 Å². The van der Waals surface area contributed by atoms with E-state index in [4.69, 9.17) is 5.73 Å². The van der Waals surface area contributed by atoms with Crippen LogP contribution in [0.15, 0.2) is 22.7 Å². The van der Waals surface area contributed by atoms with Crippen LogP contribution in [0.25, 0.3) is 0 Å². The van der Waals surface area contributed by atoms with Crippen molar-refractivity contribution < 1.29 is 4.39 Å². The molecule has 1 fully saturated rings.